The molecule has 1 aromatic carbocycles. The van der Waals surface area contributed by atoms with Gasteiger partial charge in [0.05, 0.1) is 5.52 Å². The Kier molecular flexibility index (Phi) is 2.78. The number of ether oxygens (including phenoxy) is 2. The molecule has 0 aliphatic carbocycles. The summed E-state index contributed by atoms with van der Waals surface area (Å²) < 4.78 is 10.5. The SMILES string of the molecule is COC(C)Oc1ccc2ncncc2c1. The largest absolute Gasteiger partial charge is 0.465 e. The lowest BCUT2D eigenvalue weighted by Gasteiger charge is -2.12. The average Bonchev–Trinajstić information content (AvgIpc) is 2.29. The minimum Gasteiger partial charge on any atom is -0.465 e. The van der Waals surface area contributed by atoms with Crippen LogP contribution in [0.25, 0.3) is 10.9 Å². The summed E-state index contributed by atoms with van der Waals surface area (Å²) in [6.07, 6.45) is 3.03. The molecule has 4 nitrogen and oxygen atoms in total. The number of nitrogens with zero attached hydrogens (tertiary/aromatic N) is 2. The highest BCUT2D eigenvalue weighted by Crippen LogP contribution is 2.19. The lowest BCUT2D eigenvalue weighted by atomic mass is 10.2. The standard InChI is InChI=1S/C11H12N2O2/c1-8(14-2)15-10-3-4-11-9(5-10)6-12-7-13-11/h3-8H,1-2H3. The van der Waals surface area contributed by atoms with E-state index in [2.05, 4.69) is 9.97 Å². The highest BCUT2D eigenvalue weighted by Gasteiger charge is 2.02. The van der Waals surface area contributed by atoms with Crippen molar-refractivity contribution in [3.05, 3.63) is 30.7 Å². The summed E-state index contributed by atoms with van der Waals surface area (Å²) in [5.41, 5.74) is 0.905. The van der Waals surface area contributed by atoms with Gasteiger partial charge in [0.1, 0.15) is 12.1 Å². The Bertz CT molecular complexity index is 459. The molecule has 15 heavy (non-hydrogen) atoms. The minimum atomic E-state index is -0.257. The fourth-order valence-electron chi connectivity index (χ4n) is 1.28. The predicted molar refractivity (Wildman–Crippen MR) is 56.6 cm³/mol. The Labute approximate surface area is 87.9 Å². The van der Waals surface area contributed by atoms with E-state index in [4.69, 9.17) is 9.47 Å². The van der Waals surface area contributed by atoms with Gasteiger partial charge in [0.25, 0.3) is 0 Å². The second-order valence-electron chi connectivity index (χ2n) is 3.16. The van der Waals surface area contributed by atoms with Crippen molar-refractivity contribution in [1.29, 1.82) is 0 Å². The fourth-order valence-corrected chi connectivity index (χ4v) is 1.28. The van der Waals surface area contributed by atoms with E-state index < -0.39 is 0 Å². The van der Waals surface area contributed by atoms with Crippen LogP contribution in [0.3, 0.4) is 0 Å². The van der Waals surface area contributed by atoms with Crippen LogP contribution in [0.4, 0.5) is 0 Å². The molecule has 0 saturated carbocycles. The summed E-state index contributed by atoms with van der Waals surface area (Å²) >= 11 is 0. The van der Waals surface area contributed by atoms with Crippen molar-refractivity contribution in [2.45, 2.75) is 13.2 Å². The van der Waals surface area contributed by atoms with Crippen LogP contribution in [0.15, 0.2) is 30.7 Å². The molecule has 0 aliphatic rings. The number of benzene rings is 1. The molecule has 0 N–H and O–H groups in total. The highest BCUT2D eigenvalue weighted by molar-refractivity contribution is 5.78. The molecular formula is C11H12N2O2. The molecule has 1 heterocycles. The predicted octanol–water partition coefficient (Wildman–Crippen LogP) is 2.00. The summed E-state index contributed by atoms with van der Waals surface area (Å²) in [4.78, 5) is 8.08. The summed E-state index contributed by atoms with van der Waals surface area (Å²) in [5.74, 6) is 0.756. The topological polar surface area (TPSA) is 44.2 Å². The number of aromatic nitrogens is 2. The van der Waals surface area contributed by atoms with Gasteiger partial charge in [-0.15, -0.1) is 0 Å². The van der Waals surface area contributed by atoms with Crippen LogP contribution in [0.5, 0.6) is 5.75 Å². The van der Waals surface area contributed by atoms with Gasteiger partial charge in [-0.1, -0.05) is 0 Å². The highest BCUT2D eigenvalue weighted by atomic mass is 16.7. The van der Waals surface area contributed by atoms with Crippen LogP contribution in [0.1, 0.15) is 6.92 Å². The van der Waals surface area contributed by atoms with Gasteiger partial charge in [-0.2, -0.15) is 0 Å². The number of methoxy groups -OCH3 is 1. The monoisotopic (exact) mass is 204 g/mol. The molecule has 1 aromatic heterocycles. The van der Waals surface area contributed by atoms with E-state index in [1.807, 2.05) is 25.1 Å². The van der Waals surface area contributed by atoms with Gasteiger partial charge in [-0.3, -0.25) is 0 Å². The van der Waals surface area contributed by atoms with E-state index in [1.165, 1.54) is 6.33 Å². The number of fused-ring (bicyclic) bond motifs is 1. The van der Waals surface area contributed by atoms with Gasteiger partial charge in [0, 0.05) is 18.7 Å². The van der Waals surface area contributed by atoms with Crippen molar-refractivity contribution in [1.82, 2.24) is 9.97 Å². The molecule has 0 spiro atoms. The van der Waals surface area contributed by atoms with Crippen molar-refractivity contribution < 1.29 is 9.47 Å². The maximum absolute atomic E-state index is 5.49. The Balaban J connectivity index is 2.30. The third-order valence-electron chi connectivity index (χ3n) is 2.11. The number of hydrogen-bond acceptors (Lipinski definition) is 4. The van der Waals surface area contributed by atoms with E-state index in [0.29, 0.717) is 0 Å². The molecule has 2 aromatic rings. The van der Waals surface area contributed by atoms with Crippen LogP contribution in [-0.2, 0) is 4.74 Å². The first kappa shape index (κ1) is 9.86. The molecule has 0 bridgehead atoms. The maximum Gasteiger partial charge on any atom is 0.196 e. The van der Waals surface area contributed by atoms with Gasteiger partial charge < -0.3 is 9.47 Å². The molecule has 1 unspecified atom stereocenters. The second kappa shape index (κ2) is 4.23. The first-order chi connectivity index (χ1) is 7.29. The molecule has 0 saturated heterocycles. The van der Waals surface area contributed by atoms with E-state index in [-0.39, 0.29) is 6.29 Å². The van der Waals surface area contributed by atoms with Crippen LogP contribution in [0.2, 0.25) is 0 Å². The fraction of sp³-hybridized carbons (Fsp3) is 0.273. The van der Waals surface area contributed by atoms with E-state index in [9.17, 15) is 0 Å². The zero-order valence-electron chi connectivity index (χ0n) is 8.68. The van der Waals surface area contributed by atoms with Crippen molar-refractivity contribution in [2.75, 3.05) is 7.11 Å². The average molecular weight is 204 g/mol. The molecule has 0 fully saturated rings. The van der Waals surface area contributed by atoms with Crippen LogP contribution < -0.4 is 4.74 Å². The zero-order chi connectivity index (χ0) is 10.7. The molecule has 78 valence electrons. The van der Waals surface area contributed by atoms with Gasteiger partial charge in [-0.05, 0) is 25.1 Å². The van der Waals surface area contributed by atoms with Crippen molar-refractivity contribution in [2.24, 2.45) is 0 Å². The Morgan fingerprint density at radius 2 is 2.20 bits per heavy atom. The summed E-state index contributed by atoms with van der Waals surface area (Å²) in [7, 11) is 1.61. The lowest BCUT2D eigenvalue weighted by molar-refractivity contribution is -0.0381. The van der Waals surface area contributed by atoms with Crippen molar-refractivity contribution in [3.63, 3.8) is 0 Å². The van der Waals surface area contributed by atoms with Crippen LogP contribution in [-0.4, -0.2) is 23.4 Å². The third kappa shape index (κ3) is 2.22. The van der Waals surface area contributed by atoms with Gasteiger partial charge in [-0.25, -0.2) is 9.97 Å². The van der Waals surface area contributed by atoms with Crippen LogP contribution >= 0.6 is 0 Å². The van der Waals surface area contributed by atoms with Gasteiger partial charge in [0.15, 0.2) is 6.29 Å². The number of hydrogen-bond donors (Lipinski definition) is 0. The first-order valence-corrected chi connectivity index (χ1v) is 4.69. The molecule has 2 rings (SSSR count). The summed E-state index contributed by atoms with van der Waals surface area (Å²) in [6.45, 7) is 1.84. The van der Waals surface area contributed by atoms with E-state index >= 15 is 0 Å². The van der Waals surface area contributed by atoms with E-state index in [0.717, 1.165) is 16.7 Å². The van der Waals surface area contributed by atoms with Gasteiger partial charge >= 0.3 is 0 Å². The normalized spacial score (nSPS) is 12.7. The van der Waals surface area contributed by atoms with Crippen LogP contribution in [0, 0.1) is 0 Å². The summed E-state index contributed by atoms with van der Waals surface area (Å²) in [5, 5.41) is 0.957. The summed E-state index contributed by atoms with van der Waals surface area (Å²) in [6, 6.07) is 5.66. The molecule has 0 radical (unpaired) electrons. The number of rotatable bonds is 3. The Morgan fingerprint density at radius 1 is 1.33 bits per heavy atom. The first-order valence-electron chi connectivity index (χ1n) is 4.69. The second-order valence-corrected chi connectivity index (χ2v) is 3.16. The Morgan fingerprint density at radius 3 is 3.00 bits per heavy atom. The zero-order valence-corrected chi connectivity index (χ0v) is 8.68. The molecule has 0 amide bonds. The molecule has 0 aliphatic heterocycles. The maximum atomic E-state index is 5.49. The lowest BCUT2D eigenvalue weighted by Crippen LogP contribution is -2.13. The van der Waals surface area contributed by atoms with Gasteiger partial charge in [0.2, 0.25) is 0 Å². The smallest absolute Gasteiger partial charge is 0.196 e. The van der Waals surface area contributed by atoms with Crippen molar-refractivity contribution >= 4 is 10.9 Å². The molecular weight excluding hydrogens is 192 g/mol. The Hall–Kier alpha value is -1.68. The molecule has 4 heteroatoms. The minimum absolute atomic E-state index is 0.257. The van der Waals surface area contributed by atoms with Crippen molar-refractivity contribution in [3.8, 4) is 5.75 Å². The third-order valence-corrected chi connectivity index (χ3v) is 2.11. The van der Waals surface area contributed by atoms with E-state index in [1.54, 1.807) is 13.3 Å². The molecule has 1 atom stereocenters. The quantitative estimate of drug-likeness (QED) is 0.717.